The highest BCUT2D eigenvalue weighted by Crippen LogP contribution is 2.26. The third kappa shape index (κ3) is 2.82. The third-order valence-corrected chi connectivity index (χ3v) is 3.27. The van der Waals surface area contributed by atoms with E-state index < -0.39 is 11.6 Å². The molecule has 5 heteroatoms. The lowest BCUT2D eigenvalue weighted by molar-refractivity contribution is 0.292. The second kappa shape index (κ2) is 5.67. The summed E-state index contributed by atoms with van der Waals surface area (Å²) in [4.78, 5) is 0. The highest BCUT2D eigenvalue weighted by atomic mass is 79.9. The molecule has 0 aliphatic heterocycles. The molecular weight excluding hydrogens is 325 g/mol. The maximum Gasteiger partial charge on any atom is 0.146 e. The largest absolute Gasteiger partial charge is 0.487 e. The van der Waals surface area contributed by atoms with Crippen LogP contribution in [-0.4, -0.2) is 0 Å². The van der Waals surface area contributed by atoms with Crippen LogP contribution in [0.3, 0.4) is 0 Å². The number of rotatable bonds is 3. The molecule has 0 N–H and O–H groups in total. The fourth-order valence-electron chi connectivity index (χ4n) is 1.41. The van der Waals surface area contributed by atoms with E-state index in [2.05, 4.69) is 15.9 Å². The predicted octanol–water partition coefficient (Wildman–Crippen LogP) is 4.96. The summed E-state index contributed by atoms with van der Waals surface area (Å²) >= 11 is 8.88. The minimum atomic E-state index is -0.665. The van der Waals surface area contributed by atoms with E-state index in [1.807, 2.05) is 0 Å². The first-order chi connectivity index (χ1) is 8.59. The van der Waals surface area contributed by atoms with Gasteiger partial charge in [0.2, 0.25) is 0 Å². The SMILES string of the molecule is Fc1ccc(Br)c(F)c1COc1ccccc1Cl. The molecule has 0 spiro atoms. The van der Waals surface area contributed by atoms with Crippen molar-refractivity contribution >= 4 is 27.5 Å². The minimum absolute atomic E-state index is 0.135. The van der Waals surface area contributed by atoms with E-state index in [-0.39, 0.29) is 16.6 Å². The molecule has 0 aromatic heterocycles. The molecular formula is C13H8BrClF2O. The zero-order valence-corrected chi connectivity index (χ0v) is 11.4. The van der Waals surface area contributed by atoms with Crippen molar-refractivity contribution in [3.63, 3.8) is 0 Å². The monoisotopic (exact) mass is 332 g/mol. The molecule has 1 nitrogen and oxygen atoms in total. The molecule has 0 atom stereocenters. The van der Waals surface area contributed by atoms with Crippen molar-refractivity contribution < 1.29 is 13.5 Å². The Balaban J connectivity index is 2.21. The van der Waals surface area contributed by atoms with Crippen LogP contribution in [0, 0.1) is 11.6 Å². The van der Waals surface area contributed by atoms with Gasteiger partial charge in [0.05, 0.1) is 15.1 Å². The van der Waals surface area contributed by atoms with Crippen molar-refractivity contribution in [2.24, 2.45) is 0 Å². The summed E-state index contributed by atoms with van der Waals surface area (Å²) in [7, 11) is 0. The summed E-state index contributed by atoms with van der Waals surface area (Å²) in [6.45, 7) is -0.221. The Kier molecular flexibility index (Phi) is 4.19. The fraction of sp³-hybridized carbons (Fsp3) is 0.0769. The van der Waals surface area contributed by atoms with Crippen LogP contribution in [0.15, 0.2) is 40.9 Å². The first-order valence-corrected chi connectivity index (χ1v) is 6.26. The lowest BCUT2D eigenvalue weighted by Crippen LogP contribution is -2.02. The third-order valence-electron chi connectivity index (χ3n) is 2.35. The Morgan fingerprint density at radius 2 is 1.83 bits per heavy atom. The van der Waals surface area contributed by atoms with Gasteiger partial charge < -0.3 is 4.74 Å². The summed E-state index contributed by atoms with van der Waals surface area (Å²) in [6, 6.07) is 9.24. The van der Waals surface area contributed by atoms with Gasteiger partial charge in [-0.2, -0.15) is 0 Å². The van der Waals surface area contributed by atoms with Crippen LogP contribution in [0.4, 0.5) is 8.78 Å². The van der Waals surface area contributed by atoms with Crippen LogP contribution in [-0.2, 0) is 6.61 Å². The number of para-hydroxylation sites is 1. The average Bonchev–Trinajstić information content (AvgIpc) is 2.36. The Labute approximate surface area is 116 Å². The van der Waals surface area contributed by atoms with Crippen molar-refractivity contribution in [1.29, 1.82) is 0 Å². The average molecular weight is 334 g/mol. The minimum Gasteiger partial charge on any atom is -0.487 e. The molecule has 0 heterocycles. The molecule has 0 amide bonds. The van der Waals surface area contributed by atoms with Crippen molar-refractivity contribution in [3.05, 3.63) is 63.1 Å². The maximum absolute atomic E-state index is 13.7. The molecule has 0 aliphatic carbocycles. The Hall–Kier alpha value is -1.13. The van der Waals surface area contributed by atoms with Crippen LogP contribution in [0.1, 0.15) is 5.56 Å². The predicted molar refractivity (Wildman–Crippen MR) is 69.8 cm³/mol. The zero-order chi connectivity index (χ0) is 13.1. The summed E-state index contributed by atoms with van der Waals surface area (Å²) in [5.74, 6) is -0.928. The molecule has 18 heavy (non-hydrogen) atoms. The number of halogens is 4. The van der Waals surface area contributed by atoms with E-state index in [4.69, 9.17) is 16.3 Å². The highest BCUT2D eigenvalue weighted by molar-refractivity contribution is 9.10. The number of ether oxygens (including phenoxy) is 1. The number of hydrogen-bond acceptors (Lipinski definition) is 1. The first-order valence-electron chi connectivity index (χ1n) is 5.09. The molecule has 0 bridgehead atoms. The molecule has 0 aliphatic rings. The summed E-state index contributed by atoms with van der Waals surface area (Å²) in [5, 5.41) is 0.397. The second-order valence-corrected chi connectivity index (χ2v) is 4.80. The molecule has 0 radical (unpaired) electrons. The number of benzene rings is 2. The van der Waals surface area contributed by atoms with Gasteiger partial charge in [0.25, 0.3) is 0 Å². The quantitative estimate of drug-likeness (QED) is 0.721. The van der Waals surface area contributed by atoms with Gasteiger partial charge in [0, 0.05) is 0 Å². The zero-order valence-electron chi connectivity index (χ0n) is 9.09. The van der Waals surface area contributed by atoms with Crippen LogP contribution >= 0.6 is 27.5 Å². The molecule has 0 saturated carbocycles. The van der Waals surface area contributed by atoms with Crippen molar-refractivity contribution in [3.8, 4) is 5.75 Å². The normalized spacial score (nSPS) is 10.4. The maximum atomic E-state index is 13.7. The van der Waals surface area contributed by atoms with E-state index in [0.29, 0.717) is 10.8 Å². The van der Waals surface area contributed by atoms with Gasteiger partial charge in [-0.15, -0.1) is 0 Å². The highest BCUT2D eigenvalue weighted by Gasteiger charge is 2.13. The van der Waals surface area contributed by atoms with E-state index in [1.54, 1.807) is 24.3 Å². The molecule has 0 unspecified atom stereocenters. The number of hydrogen-bond donors (Lipinski definition) is 0. The van der Waals surface area contributed by atoms with Gasteiger partial charge in [0.15, 0.2) is 0 Å². The second-order valence-electron chi connectivity index (χ2n) is 3.54. The van der Waals surface area contributed by atoms with Gasteiger partial charge in [-0.3, -0.25) is 0 Å². The van der Waals surface area contributed by atoms with Gasteiger partial charge >= 0.3 is 0 Å². The molecule has 2 aromatic rings. The summed E-state index contributed by atoms with van der Waals surface area (Å²) in [5.41, 5.74) is -0.135. The van der Waals surface area contributed by atoms with E-state index >= 15 is 0 Å². The Morgan fingerprint density at radius 1 is 1.11 bits per heavy atom. The summed E-state index contributed by atoms with van der Waals surface area (Å²) in [6.07, 6.45) is 0. The smallest absolute Gasteiger partial charge is 0.146 e. The lowest BCUT2D eigenvalue weighted by Gasteiger charge is -2.10. The van der Waals surface area contributed by atoms with Gasteiger partial charge in [-0.25, -0.2) is 8.78 Å². The molecule has 2 rings (SSSR count). The van der Waals surface area contributed by atoms with Crippen molar-refractivity contribution in [2.75, 3.05) is 0 Å². The molecule has 2 aromatic carbocycles. The van der Waals surface area contributed by atoms with Gasteiger partial charge in [-0.05, 0) is 40.2 Å². The van der Waals surface area contributed by atoms with Crippen LogP contribution < -0.4 is 4.74 Å². The van der Waals surface area contributed by atoms with E-state index in [1.165, 1.54) is 12.1 Å². The topological polar surface area (TPSA) is 9.23 Å². The Morgan fingerprint density at radius 3 is 2.56 bits per heavy atom. The Bertz CT molecular complexity index is 575. The van der Waals surface area contributed by atoms with Crippen LogP contribution in [0.5, 0.6) is 5.75 Å². The molecule has 0 fully saturated rings. The summed E-state index contributed by atoms with van der Waals surface area (Å²) < 4.78 is 32.6. The van der Waals surface area contributed by atoms with Gasteiger partial charge in [-0.1, -0.05) is 23.7 Å². The standard InChI is InChI=1S/C13H8BrClF2O/c14-9-5-6-11(16)8(13(9)17)7-18-12-4-2-1-3-10(12)15/h1-6H,7H2. The van der Waals surface area contributed by atoms with E-state index in [9.17, 15) is 8.78 Å². The van der Waals surface area contributed by atoms with E-state index in [0.717, 1.165) is 0 Å². The van der Waals surface area contributed by atoms with Crippen molar-refractivity contribution in [1.82, 2.24) is 0 Å². The fourth-order valence-corrected chi connectivity index (χ4v) is 1.97. The van der Waals surface area contributed by atoms with Gasteiger partial charge in [0.1, 0.15) is 24.0 Å². The van der Waals surface area contributed by atoms with Crippen molar-refractivity contribution in [2.45, 2.75) is 6.61 Å². The first kappa shape index (κ1) is 13.3. The van der Waals surface area contributed by atoms with Crippen LogP contribution in [0.2, 0.25) is 5.02 Å². The molecule has 94 valence electrons. The van der Waals surface area contributed by atoms with Crippen LogP contribution in [0.25, 0.3) is 0 Å². The molecule has 0 saturated heterocycles. The lowest BCUT2D eigenvalue weighted by atomic mass is 10.2.